The molecule has 0 rings (SSSR count). The third-order valence-corrected chi connectivity index (χ3v) is 5.32. The maximum Gasteiger partial charge on any atom is 0.0950 e. The molecule has 0 aliphatic heterocycles. The Morgan fingerprint density at radius 2 is 1.12 bits per heavy atom. The molecule has 1 N–H and O–H groups in total. The van der Waals surface area contributed by atoms with Gasteiger partial charge in [0.05, 0.1) is 6.10 Å². The van der Waals surface area contributed by atoms with E-state index < -0.39 is 22.3 Å². The Morgan fingerprint density at radius 1 is 0.875 bits per heavy atom. The fraction of sp³-hybridized carbons (Fsp3) is 0.692. The molecule has 0 radical (unpaired) electrons. The summed E-state index contributed by atoms with van der Waals surface area (Å²) in [4.78, 5) is 0. The summed E-state index contributed by atoms with van der Waals surface area (Å²) >= 11 is 0. The highest BCUT2D eigenvalue weighted by Crippen LogP contribution is 2.25. The number of hydrogen-bond acceptors (Lipinski definition) is 1. The number of aliphatic hydroxyl groups is 1. The highest BCUT2D eigenvalue weighted by Gasteiger charge is 2.23. The van der Waals surface area contributed by atoms with Crippen LogP contribution in [0.5, 0.6) is 0 Å². The second-order valence-electron chi connectivity index (χ2n) is 7.19. The zero-order valence-electron chi connectivity index (χ0n) is 11.9. The van der Waals surface area contributed by atoms with Crippen molar-refractivity contribution in [2.45, 2.75) is 57.5 Å². The lowest BCUT2D eigenvalue weighted by Gasteiger charge is -2.25. The van der Waals surface area contributed by atoms with E-state index >= 15 is 0 Å². The molecule has 0 spiro atoms. The summed E-state index contributed by atoms with van der Waals surface area (Å²) in [5, 5.41) is 10.2. The molecule has 0 amide bonds. The quantitative estimate of drug-likeness (QED) is 0.559. The van der Waals surface area contributed by atoms with E-state index in [9.17, 15) is 5.11 Å². The maximum atomic E-state index is 10.2. The fourth-order valence-electron chi connectivity index (χ4n) is 1.84. The van der Waals surface area contributed by atoms with Crippen LogP contribution in [-0.4, -0.2) is 27.4 Å². The topological polar surface area (TPSA) is 20.2 Å². The molecular formula is C13H28OSi2. The second kappa shape index (κ2) is 5.47. The SMILES string of the molecule is C=C(C[Si](C)(C)C)C(O)C(=C)C[Si](C)(C)C. The van der Waals surface area contributed by atoms with Crippen molar-refractivity contribution < 1.29 is 5.11 Å². The van der Waals surface area contributed by atoms with Crippen LogP contribution in [0.2, 0.25) is 51.4 Å². The molecule has 0 unspecified atom stereocenters. The van der Waals surface area contributed by atoms with Crippen LogP contribution in [0.3, 0.4) is 0 Å². The lowest BCUT2D eigenvalue weighted by Crippen LogP contribution is -2.28. The van der Waals surface area contributed by atoms with Crippen molar-refractivity contribution in [1.82, 2.24) is 0 Å². The summed E-state index contributed by atoms with van der Waals surface area (Å²) in [6.07, 6.45) is -0.488. The Balaban J connectivity index is 4.40. The van der Waals surface area contributed by atoms with Crippen LogP contribution in [-0.2, 0) is 0 Å². The standard InChI is InChI=1S/C13H28OSi2/c1-11(9-15(3,4)5)13(14)12(2)10-16(6,7)8/h13-14H,1-2,9-10H2,3-8H3. The van der Waals surface area contributed by atoms with Crippen molar-refractivity contribution in [3.8, 4) is 0 Å². The minimum Gasteiger partial charge on any atom is -0.384 e. The molecule has 0 bridgehead atoms. The highest BCUT2D eigenvalue weighted by atomic mass is 28.3. The molecule has 0 aromatic rings. The lowest BCUT2D eigenvalue weighted by atomic mass is 10.1. The average Bonchev–Trinajstić information content (AvgIpc) is 1.96. The molecule has 0 heterocycles. The summed E-state index contributed by atoms with van der Waals surface area (Å²) in [6, 6.07) is 1.97. The van der Waals surface area contributed by atoms with Crippen LogP contribution in [0.25, 0.3) is 0 Å². The minimum absolute atomic E-state index is 0.488. The van der Waals surface area contributed by atoms with Crippen LogP contribution in [0.4, 0.5) is 0 Å². The zero-order valence-corrected chi connectivity index (χ0v) is 13.9. The monoisotopic (exact) mass is 256 g/mol. The van der Waals surface area contributed by atoms with Crippen LogP contribution in [0, 0.1) is 0 Å². The van der Waals surface area contributed by atoms with Crippen LogP contribution in [0.15, 0.2) is 24.3 Å². The summed E-state index contributed by atoms with van der Waals surface area (Å²) < 4.78 is 0. The van der Waals surface area contributed by atoms with Gasteiger partial charge < -0.3 is 5.11 Å². The number of hydrogen-bond donors (Lipinski definition) is 1. The second-order valence-corrected chi connectivity index (χ2v) is 18.1. The molecule has 0 atom stereocenters. The fourth-order valence-corrected chi connectivity index (χ4v) is 4.96. The van der Waals surface area contributed by atoms with E-state index in [1.807, 2.05) is 0 Å². The highest BCUT2D eigenvalue weighted by molar-refractivity contribution is 6.77. The van der Waals surface area contributed by atoms with Gasteiger partial charge in [-0.25, -0.2) is 0 Å². The smallest absolute Gasteiger partial charge is 0.0950 e. The Kier molecular flexibility index (Phi) is 5.43. The van der Waals surface area contributed by atoms with Crippen LogP contribution >= 0.6 is 0 Å². The molecule has 0 fully saturated rings. The molecule has 0 saturated carbocycles. The van der Waals surface area contributed by atoms with Crippen molar-refractivity contribution in [2.75, 3.05) is 0 Å². The number of rotatable bonds is 6. The van der Waals surface area contributed by atoms with Crippen molar-refractivity contribution in [1.29, 1.82) is 0 Å². The van der Waals surface area contributed by atoms with E-state index in [0.717, 1.165) is 23.2 Å². The van der Waals surface area contributed by atoms with Gasteiger partial charge in [0.1, 0.15) is 0 Å². The van der Waals surface area contributed by atoms with E-state index in [-0.39, 0.29) is 0 Å². The van der Waals surface area contributed by atoms with Gasteiger partial charge in [0.2, 0.25) is 0 Å². The predicted octanol–water partition coefficient (Wildman–Crippen LogP) is 4.14. The summed E-state index contributed by atoms with van der Waals surface area (Å²) in [5.41, 5.74) is 1.92. The van der Waals surface area contributed by atoms with Crippen molar-refractivity contribution in [2.24, 2.45) is 0 Å². The zero-order chi connectivity index (χ0) is 13.1. The van der Waals surface area contributed by atoms with E-state index in [0.29, 0.717) is 0 Å². The molecule has 16 heavy (non-hydrogen) atoms. The molecule has 0 saturated heterocycles. The van der Waals surface area contributed by atoms with Gasteiger partial charge in [0.25, 0.3) is 0 Å². The minimum atomic E-state index is -1.18. The first-order chi connectivity index (χ1) is 6.92. The van der Waals surface area contributed by atoms with Gasteiger partial charge in [-0.05, 0) is 23.2 Å². The van der Waals surface area contributed by atoms with E-state index in [2.05, 4.69) is 52.4 Å². The van der Waals surface area contributed by atoms with Gasteiger partial charge in [-0.15, -0.1) is 0 Å². The third kappa shape index (κ3) is 7.20. The molecule has 3 heteroatoms. The largest absolute Gasteiger partial charge is 0.384 e. The van der Waals surface area contributed by atoms with Gasteiger partial charge in [-0.2, -0.15) is 0 Å². The molecule has 0 aliphatic rings. The molecular weight excluding hydrogens is 228 g/mol. The molecule has 1 nitrogen and oxygen atoms in total. The Labute approximate surface area is 103 Å². The first-order valence-corrected chi connectivity index (χ1v) is 13.4. The average molecular weight is 257 g/mol. The predicted molar refractivity (Wildman–Crippen MR) is 80.6 cm³/mol. The van der Waals surface area contributed by atoms with Gasteiger partial charge in [0, 0.05) is 16.1 Å². The summed E-state index contributed by atoms with van der Waals surface area (Å²) in [6.45, 7) is 21.8. The van der Waals surface area contributed by atoms with Gasteiger partial charge >= 0.3 is 0 Å². The van der Waals surface area contributed by atoms with Crippen molar-refractivity contribution >= 4 is 16.1 Å². The summed E-state index contributed by atoms with van der Waals surface area (Å²) in [5.74, 6) is 0. The maximum absolute atomic E-state index is 10.2. The van der Waals surface area contributed by atoms with E-state index in [1.165, 1.54) is 0 Å². The number of aliphatic hydroxyl groups excluding tert-OH is 1. The molecule has 0 aliphatic carbocycles. The Morgan fingerprint density at radius 3 is 1.31 bits per heavy atom. The lowest BCUT2D eigenvalue weighted by molar-refractivity contribution is 0.247. The van der Waals surface area contributed by atoms with Crippen molar-refractivity contribution in [3.63, 3.8) is 0 Å². The summed E-state index contributed by atoms with van der Waals surface area (Å²) in [7, 11) is -2.35. The first kappa shape index (κ1) is 15.9. The Hall–Kier alpha value is -0.126. The normalized spacial score (nSPS) is 13.0. The van der Waals surface area contributed by atoms with Gasteiger partial charge in [0.15, 0.2) is 0 Å². The Bertz CT molecular complexity index is 241. The van der Waals surface area contributed by atoms with Crippen LogP contribution < -0.4 is 0 Å². The van der Waals surface area contributed by atoms with Crippen LogP contribution in [0.1, 0.15) is 0 Å². The molecule has 94 valence electrons. The van der Waals surface area contributed by atoms with Gasteiger partial charge in [-0.3, -0.25) is 0 Å². The van der Waals surface area contributed by atoms with E-state index in [1.54, 1.807) is 0 Å². The van der Waals surface area contributed by atoms with Crippen molar-refractivity contribution in [3.05, 3.63) is 24.3 Å². The van der Waals surface area contributed by atoms with E-state index in [4.69, 9.17) is 0 Å². The third-order valence-electron chi connectivity index (χ3n) is 2.29. The molecule has 0 aromatic carbocycles. The first-order valence-electron chi connectivity index (χ1n) is 5.96. The van der Waals surface area contributed by atoms with Gasteiger partial charge in [-0.1, -0.05) is 52.4 Å². The molecule has 0 aromatic heterocycles.